The second-order valence-electron chi connectivity index (χ2n) is 5.45. The van der Waals surface area contributed by atoms with Crippen LogP contribution in [-0.2, 0) is 6.98 Å². The predicted octanol–water partition coefficient (Wildman–Crippen LogP) is 1.64. The van der Waals surface area contributed by atoms with Crippen LogP contribution in [0.2, 0.25) is 0 Å². The van der Waals surface area contributed by atoms with Crippen molar-refractivity contribution in [2.24, 2.45) is 6.98 Å². The number of hydrogen-bond acceptors (Lipinski definition) is 6. The summed E-state index contributed by atoms with van der Waals surface area (Å²) in [7, 11) is 0. The molecule has 0 aliphatic carbocycles. The smallest absolute Gasteiger partial charge is 0.263 e. The molecule has 0 fully saturated rings. The van der Waals surface area contributed by atoms with E-state index in [1.54, 1.807) is 0 Å². The van der Waals surface area contributed by atoms with Crippen molar-refractivity contribution in [1.29, 1.82) is 0 Å². The fraction of sp³-hybridized carbons (Fsp3) is 0.0625. The third-order valence-corrected chi connectivity index (χ3v) is 3.74. The average Bonchev–Trinajstić information content (AvgIpc) is 3.25. The highest BCUT2D eigenvalue weighted by Gasteiger charge is 2.22. The van der Waals surface area contributed by atoms with Crippen molar-refractivity contribution in [2.45, 2.75) is 0 Å². The molecule has 136 valence electrons. The lowest BCUT2D eigenvalue weighted by Gasteiger charge is -2.11. The molecule has 0 saturated heterocycles. The number of aryl methyl sites for hydroxylation is 1. The molecule has 0 spiro atoms. The van der Waals surface area contributed by atoms with Gasteiger partial charge in [0.25, 0.3) is 5.91 Å². The molecule has 0 radical (unpaired) electrons. The molecular weight excluding hydrogens is 359 g/mol. The average molecular weight is 374 g/mol. The van der Waals surface area contributed by atoms with Gasteiger partial charge in [-0.15, -0.1) is 5.10 Å². The fourth-order valence-electron chi connectivity index (χ4n) is 2.60. The van der Waals surface area contributed by atoms with Gasteiger partial charge in [-0.1, -0.05) is 0 Å². The van der Waals surface area contributed by atoms with Gasteiger partial charge in [0, 0.05) is 11.1 Å². The van der Waals surface area contributed by atoms with E-state index in [-0.39, 0.29) is 34.0 Å². The van der Waals surface area contributed by atoms with Crippen LogP contribution in [0.3, 0.4) is 0 Å². The largest absolute Gasteiger partial charge is 0.381 e. The summed E-state index contributed by atoms with van der Waals surface area (Å²) in [6, 6.07) is 0. The molecule has 0 aromatic carbocycles. The molecule has 0 bridgehead atoms. The molecule has 4 aromatic rings. The quantitative estimate of drug-likeness (QED) is 0.563. The molecule has 3 N–H and O–H groups in total. The van der Waals surface area contributed by atoms with E-state index in [4.69, 9.17) is 9.85 Å². The highest BCUT2D eigenvalue weighted by Crippen LogP contribution is 2.30. The minimum atomic E-state index is -2.64. The van der Waals surface area contributed by atoms with E-state index in [9.17, 15) is 13.6 Å². The highest BCUT2D eigenvalue weighted by atomic mass is 19.1. The van der Waals surface area contributed by atoms with Gasteiger partial charge < -0.3 is 15.6 Å². The Morgan fingerprint density at radius 2 is 2.11 bits per heavy atom. The lowest BCUT2D eigenvalue weighted by atomic mass is 10.1. The van der Waals surface area contributed by atoms with Crippen LogP contribution >= 0.6 is 0 Å². The summed E-state index contributed by atoms with van der Waals surface area (Å²) in [5.41, 5.74) is 5.11. The van der Waals surface area contributed by atoms with Gasteiger partial charge in [0.1, 0.15) is 5.56 Å². The molecule has 4 aromatic heterocycles. The minimum Gasteiger partial charge on any atom is -0.381 e. The predicted molar refractivity (Wildman–Crippen MR) is 91.7 cm³/mol. The number of hydrogen-bond donors (Lipinski definition) is 2. The third-order valence-electron chi connectivity index (χ3n) is 3.74. The lowest BCUT2D eigenvalue weighted by molar-refractivity contribution is 0.102. The summed E-state index contributed by atoms with van der Waals surface area (Å²) in [6.07, 6.45) is 6.05. The van der Waals surface area contributed by atoms with E-state index >= 15 is 0 Å². The van der Waals surface area contributed by atoms with Gasteiger partial charge in [0.05, 0.1) is 54.3 Å². The van der Waals surface area contributed by atoms with Gasteiger partial charge in [-0.2, -0.15) is 0 Å². The number of nitrogens with two attached hydrogens (primary N) is 1. The first-order valence-electron chi connectivity index (χ1n) is 8.94. The van der Waals surface area contributed by atoms with Crippen molar-refractivity contribution >= 4 is 23.1 Å². The van der Waals surface area contributed by atoms with E-state index in [1.807, 2.05) is 0 Å². The van der Waals surface area contributed by atoms with E-state index in [2.05, 4.69) is 25.4 Å². The Morgan fingerprint density at radius 3 is 2.93 bits per heavy atom. The third kappa shape index (κ3) is 2.74. The molecule has 0 unspecified atom stereocenters. The summed E-state index contributed by atoms with van der Waals surface area (Å²) in [4.78, 5) is 24.1. The Bertz CT molecular complexity index is 1280. The van der Waals surface area contributed by atoms with Crippen LogP contribution in [0.1, 0.15) is 14.5 Å². The maximum atomic E-state index is 14.6. The summed E-state index contributed by atoms with van der Waals surface area (Å²) in [6.45, 7) is -2.64. The van der Waals surface area contributed by atoms with Gasteiger partial charge in [-0.3, -0.25) is 9.78 Å². The number of carbonyl (C=O) groups excluding carboxylic acids is 1. The standard InChI is InChI=1S/C16H12F2N8O/c1-25-7-21-5-11(25)12-9(18)3-20-4-10(12)23-16(27)13-14(19)24-26-6-8(17)2-22-15(13)26/h2-7H,1H3,(H2,19,24)(H,23,27)/i1D3,14+1. The van der Waals surface area contributed by atoms with Crippen molar-refractivity contribution in [3.8, 4) is 11.3 Å². The summed E-state index contributed by atoms with van der Waals surface area (Å²) < 4.78 is 52.5. The summed E-state index contributed by atoms with van der Waals surface area (Å²) in [5, 5.41) is 6.26. The van der Waals surface area contributed by atoms with E-state index in [0.717, 1.165) is 46.4 Å². The van der Waals surface area contributed by atoms with Crippen LogP contribution in [-0.4, -0.2) is 35.0 Å². The fourth-order valence-corrected chi connectivity index (χ4v) is 2.60. The first kappa shape index (κ1) is 13.3. The Hall–Kier alpha value is -3.89. The number of aromatic nitrogens is 6. The second-order valence-corrected chi connectivity index (χ2v) is 5.45. The van der Waals surface area contributed by atoms with E-state index in [0.29, 0.717) is 0 Å². The van der Waals surface area contributed by atoms with E-state index in [1.165, 1.54) is 0 Å². The van der Waals surface area contributed by atoms with Crippen LogP contribution in [0.5, 0.6) is 0 Å². The van der Waals surface area contributed by atoms with Gasteiger partial charge >= 0.3 is 0 Å². The van der Waals surface area contributed by atoms with Crippen molar-refractivity contribution in [3.63, 3.8) is 0 Å². The number of anilines is 2. The lowest BCUT2D eigenvalue weighted by Crippen LogP contribution is -2.15. The van der Waals surface area contributed by atoms with Gasteiger partial charge in [-0.25, -0.2) is 23.3 Å². The monoisotopic (exact) mass is 374 g/mol. The molecule has 11 heteroatoms. The Morgan fingerprint density at radius 1 is 1.26 bits per heavy atom. The number of rotatable bonds is 3. The van der Waals surface area contributed by atoms with Gasteiger partial charge in [0.2, 0.25) is 0 Å². The van der Waals surface area contributed by atoms with Crippen LogP contribution in [0.15, 0.2) is 37.3 Å². The number of nitrogens with zero attached hydrogens (tertiary/aromatic N) is 6. The van der Waals surface area contributed by atoms with Crippen LogP contribution < -0.4 is 11.1 Å². The molecule has 4 rings (SSSR count). The molecule has 27 heavy (non-hydrogen) atoms. The van der Waals surface area contributed by atoms with E-state index < -0.39 is 24.5 Å². The zero-order valence-corrected chi connectivity index (χ0v) is 13.4. The van der Waals surface area contributed by atoms with Crippen molar-refractivity contribution in [2.75, 3.05) is 11.1 Å². The first-order valence-corrected chi connectivity index (χ1v) is 7.44. The molecular formula is C16H12F2N8O. The molecule has 1 amide bonds. The maximum absolute atomic E-state index is 14.6. The highest BCUT2D eigenvalue weighted by molar-refractivity contribution is 6.12. The van der Waals surface area contributed by atoms with Crippen LogP contribution in [0.25, 0.3) is 16.9 Å². The van der Waals surface area contributed by atoms with Crippen LogP contribution in [0, 0.1) is 11.6 Å². The van der Waals surface area contributed by atoms with Crippen molar-refractivity contribution in [1.82, 2.24) is 29.1 Å². The normalized spacial score (nSPS) is 13.2. The molecule has 0 aliphatic heterocycles. The Balaban J connectivity index is 1.79. The summed E-state index contributed by atoms with van der Waals surface area (Å²) >= 11 is 0. The number of carbonyl (C=O) groups is 1. The number of fused-ring (bicyclic) bond motifs is 1. The molecule has 4 heterocycles. The number of imidazole rings is 1. The van der Waals surface area contributed by atoms with Gasteiger partial charge in [0.15, 0.2) is 23.1 Å². The second kappa shape index (κ2) is 6.12. The summed E-state index contributed by atoms with van der Waals surface area (Å²) in [5.74, 6) is -2.63. The minimum absolute atomic E-state index is 0.0233. The SMILES string of the molecule is [2H]C([2H])([2H])n1cncc1-c1c(F)cncc1NC(=O)c1c2ncc(F)cn2n[13c]1N. The molecule has 9 nitrogen and oxygen atoms in total. The van der Waals surface area contributed by atoms with Crippen molar-refractivity contribution < 1.29 is 17.7 Å². The molecule has 0 atom stereocenters. The number of pyridine rings is 1. The zero-order valence-electron chi connectivity index (χ0n) is 16.4. The Labute approximate surface area is 154 Å². The maximum Gasteiger partial charge on any atom is 0.263 e. The zero-order chi connectivity index (χ0) is 21.6. The first-order chi connectivity index (χ1) is 14.2. The number of nitrogen functional groups attached to an aromatic ring is 1. The number of nitrogens with one attached hydrogen (secondary N) is 1. The number of halogens is 2. The van der Waals surface area contributed by atoms with Crippen molar-refractivity contribution in [3.05, 3.63) is 54.5 Å². The molecule has 0 saturated carbocycles. The van der Waals surface area contributed by atoms with Crippen LogP contribution in [0.4, 0.5) is 20.3 Å². The number of amides is 1. The topological polar surface area (TPSA) is 116 Å². The molecule has 0 aliphatic rings. The Kier molecular flexibility index (Phi) is 3.02. The van der Waals surface area contributed by atoms with Gasteiger partial charge in [-0.05, 0) is 0 Å².